The summed E-state index contributed by atoms with van der Waals surface area (Å²) in [5.74, 6) is -0.143. The molecule has 0 spiro atoms. The lowest BCUT2D eigenvalue weighted by Gasteiger charge is -2.11. The van der Waals surface area contributed by atoms with Crippen molar-refractivity contribution in [2.24, 2.45) is 0 Å². The molecule has 2 rings (SSSR count). The van der Waals surface area contributed by atoms with E-state index >= 15 is 0 Å². The molecule has 1 saturated heterocycles. The van der Waals surface area contributed by atoms with Crippen molar-refractivity contribution < 1.29 is 9.72 Å². The van der Waals surface area contributed by atoms with Gasteiger partial charge in [-0.15, -0.1) is 0 Å². The third-order valence-corrected chi connectivity index (χ3v) is 3.34. The molecule has 0 bridgehead atoms. The monoisotopic (exact) mass is 283 g/mol. The van der Waals surface area contributed by atoms with E-state index in [9.17, 15) is 14.9 Å². The van der Waals surface area contributed by atoms with Gasteiger partial charge in [-0.1, -0.05) is 11.6 Å². The van der Waals surface area contributed by atoms with Gasteiger partial charge < -0.3 is 10.6 Å². The molecule has 1 amide bonds. The van der Waals surface area contributed by atoms with E-state index in [1.54, 1.807) is 0 Å². The fourth-order valence-corrected chi connectivity index (χ4v) is 2.30. The molecule has 1 atom stereocenters. The molecule has 0 aliphatic carbocycles. The first-order valence-corrected chi connectivity index (χ1v) is 6.41. The summed E-state index contributed by atoms with van der Waals surface area (Å²) in [5, 5.41) is 16.6. The number of anilines is 1. The first-order valence-electron chi connectivity index (χ1n) is 6.03. The molecule has 1 aromatic carbocycles. The van der Waals surface area contributed by atoms with Crippen LogP contribution in [0, 0.1) is 10.1 Å². The van der Waals surface area contributed by atoms with Gasteiger partial charge in [0, 0.05) is 24.6 Å². The van der Waals surface area contributed by atoms with E-state index in [-0.39, 0.29) is 22.7 Å². The topological polar surface area (TPSA) is 84.3 Å². The SMILES string of the molecule is O=C(CC1CCCN1)Nc1ccc([N+](=O)[O-])cc1Cl. The van der Waals surface area contributed by atoms with Gasteiger partial charge in [0.15, 0.2) is 0 Å². The lowest BCUT2D eigenvalue weighted by Crippen LogP contribution is -2.27. The highest BCUT2D eigenvalue weighted by molar-refractivity contribution is 6.33. The summed E-state index contributed by atoms with van der Waals surface area (Å²) >= 11 is 5.90. The molecule has 2 N–H and O–H groups in total. The summed E-state index contributed by atoms with van der Waals surface area (Å²) < 4.78 is 0. The van der Waals surface area contributed by atoms with E-state index in [0.717, 1.165) is 19.4 Å². The van der Waals surface area contributed by atoms with Crippen LogP contribution in [0.15, 0.2) is 18.2 Å². The maximum Gasteiger partial charge on any atom is 0.271 e. The molecule has 1 aromatic rings. The Morgan fingerprint density at radius 3 is 2.95 bits per heavy atom. The minimum Gasteiger partial charge on any atom is -0.325 e. The summed E-state index contributed by atoms with van der Waals surface area (Å²) in [6.07, 6.45) is 2.45. The third kappa shape index (κ3) is 3.65. The van der Waals surface area contributed by atoms with Crippen LogP contribution in [0.3, 0.4) is 0 Å². The number of non-ortho nitro benzene ring substituents is 1. The molecule has 1 aliphatic heterocycles. The maximum atomic E-state index is 11.8. The second-order valence-electron chi connectivity index (χ2n) is 4.47. The minimum absolute atomic E-state index is 0.0968. The van der Waals surface area contributed by atoms with Crippen molar-refractivity contribution in [1.82, 2.24) is 5.32 Å². The summed E-state index contributed by atoms with van der Waals surface area (Å²) in [5.41, 5.74) is 0.302. The molecule has 1 aliphatic rings. The molecule has 0 aromatic heterocycles. The van der Waals surface area contributed by atoms with Gasteiger partial charge in [-0.25, -0.2) is 0 Å². The fourth-order valence-electron chi connectivity index (χ4n) is 2.07. The Morgan fingerprint density at radius 2 is 2.37 bits per heavy atom. The highest BCUT2D eigenvalue weighted by Crippen LogP contribution is 2.26. The van der Waals surface area contributed by atoms with Gasteiger partial charge in [0.2, 0.25) is 5.91 Å². The number of hydrogen-bond acceptors (Lipinski definition) is 4. The molecule has 102 valence electrons. The fraction of sp³-hybridized carbons (Fsp3) is 0.417. The largest absolute Gasteiger partial charge is 0.325 e. The molecule has 19 heavy (non-hydrogen) atoms. The second kappa shape index (κ2) is 5.99. The number of nitro groups is 1. The van der Waals surface area contributed by atoms with Crippen molar-refractivity contribution in [2.45, 2.75) is 25.3 Å². The van der Waals surface area contributed by atoms with Crippen molar-refractivity contribution in [3.8, 4) is 0 Å². The van der Waals surface area contributed by atoms with Crippen LogP contribution in [0.25, 0.3) is 0 Å². The zero-order valence-electron chi connectivity index (χ0n) is 10.2. The predicted molar refractivity (Wildman–Crippen MR) is 72.4 cm³/mol. The highest BCUT2D eigenvalue weighted by atomic mass is 35.5. The van der Waals surface area contributed by atoms with Gasteiger partial charge in [0.25, 0.3) is 5.69 Å². The Morgan fingerprint density at radius 1 is 1.58 bits per heavy atom. The molecule has 7 heteroatoms. The number of carbonyl (C=O) groups is 1. The van der Waals surface area contributed by atoms with Gasteiger partial charge in [0.1, 0.15) is 0 Å². The molecule has 6 nitrogen and oxygen atoms in total. The van der Waals surface area contributed by atoms with E-state index in [0.29, 0.717) is 12.1 Å². The van der Waals surface area contributed by atoms with E-state index < -0.39 is 4.92 Å². The molecule has 0 radical (unpaired) electrons. The predicted octanol–water partition coefficient (Wildman–Crippen LogP) is 2.33. The standard InChI is InChI=1S/C12H14ClN3O3/c13-10-7-9(16(18)19)3-4-11(10)15-12(17)6-8-2-1-5-14-8/h3-4,7-8,14H,1-2,5-6H2,(H,15,17). The molecule has 1 unspecified atom stereocenters. The van der Waals surface area contributed by atoms with Crippen molar-refractivity contribution in [2.75, 3.05) is 11.9 Å². The molecule has 0 saturated carbocycles. The van der Waals surface area contributed by atoms with Crippen LogP contribution >= 0.6 is 11.6 Å². The molecule has 1 fully saturated rings. The third-order valence-electron chi connectivity index (χ3n) is 3.03. The van der Waals surface area contributed by atoms with Crippen molar-refractivity contribution in [1.29, 1.82) is 0 Å². The first-order chi connectivity index (χ1) is 9.06. The summed E-state index contributed by atoms with van der Waals surface area (Å²) in [6, 6.07) is 4.19. The van der Waals surface area contributed by atoms with E-state index in [4.69, 9.17) is 11.6 Å². The zero-order valence-corrected chi connectivity index (χ0v) is 10.9. The number of nitro benzene ring substituents is 1. The van der Waals surface area contributed by atoms with E-state index in [1.807, 2.05) is 0 Å². The lowest BCUT2D eigenvalue weighted by atomic mass is 10.1. The quantitative estimate of drug-likeness (QED) is 0.656. The summed E-state index contributed by atoms with van der Waals surface area (Å²) in [4.78, 5) is 21.8. The van der Waals surface area contributed by atoms with Crippen molar-refractivity contribution >= 4 is 28.9 Å². The zero-order chi connectivity index (χ0) is 13.8. The highest BCUT2D eigenvalue weighted by Gasteiger charge is 2.18. The Bertz CT molecular complexity index is 501. The first kappa shape index (κ1) is 13.8. The minimum atomic E-state index is -0.528. The summed E-state index contributed by atoms with van der Waals surface area (Å²) in [6.45, 7) is 0.941. The number of rotatable bonds is 4. The number of nitrogens with one attached hydrogen (secondary N) is 2. The van der Waals surface area contributed by atoms with Gasteiger partial charge in [-0.3, -0.25) is 14.9 Å². The van der Waals surface area contributed by atoms with Crippen LogP contribution in [0.5, 0.6) is 0 Å². The van der Waals surface area contributed by atoms with Crippen molar-refractivity contribution in [3.63, 3.8) is 0 Å². The normalized spacial score (nSPS) is 18.3. The summed E-state index contributed by atoms with van der Waals surface area (Å²) in [7, 11) is 0. The van der Waals surface area contributed by atoms with E-state index in [1.165, 1.54) is 18.2 Å². The smallest absolute Gasteiger partial charge is 0.271 e. The van der Waals surface area contributed by atoms with Crippen molar-refractivity contribution in [3.05, 3.63) is 33.3 Å². The van der Waals surface area contributed by atoms with Crippen LogP contribution in [-0.2, 0) is 4.79 Å². The number of hydrogen-bond donors (Lipinski definition) is 2. The van der Waals surface area contributed by atoms with Gasteiger partial charge in [-0.2, -0.15) is 0 Å². The van der Waals surface area contributed by atoms with E-state index in [2.05, 4.69) is 10.6 Å². The average Bonchev–Trinajstić information content (AvgIpc) is 2.84. The maximum absolute atomic E-state index is 11.8. The van der Waals surface area contributed by atoms with Crippen LogP contribution < -0.4 is 10.6 Å². The van der Waals surface area contributed by atoms with Gasteiger partial charge >= 0.3 is 0 Å². The Hall–Kier alpha value is -1.66. The molecular formula is C12H14ClN3O3. The number of nitrogens with zero attached hydrogens (tertiary/aromatic N) is 1. The average molecular weight is 284 g/mol. The Kier molecular flexibility index (Phi) is 4.34. The number of amides is 1. The van der Waals surface area contributed by atoms with Crippen LogP contribution in [0.1, 0.15) is 19.3 Å². The molecular weight excluding hydrogens is 270 g/mol. The lowest BCUT2D eigenvalue weighted by molar-refractivity contribution is -0.384. The van der Waals surface area contributed by atoms with Crippen LogP contribution in [-0.4, -0.2) is 23.4 Å². The number of carbonyl (C=O) groups excluding carboxylic acids is 1. The van der Waals surface area contributed by atoms with Gasteiger partial charge in [-0.05, 0) is 25.5 Å². The van der Waals surface area contributed by atoms with Gasteiger partial charge in [0.05, 0.1) is 15.6 Å². The van der Waals surface area contributed by atoms with Crippen LogP contribution in [0.4, 0.5) is 11.4 Å². The Balaban J connectivity index is 1.98. The van der Waals surface area contributed by atoms with Crippen LogP contribution in [0.2, 0.25) is 5.02 Å². The Labute approximate surface area is 115 Å². The number of benzene rings is 1. The number of halogens is 1. The second-order valence-corrected chi connectivity index (χ2v) is 4.87. The molecule has 1 heterocycles.